The molecule has 0 aromatic heterocycles. The van der Waals surface area contributed by atoms with Crippen LogP contribution in [0.1, 0.15) is 32.8 Å². The number of ether oxygens (including phenoxy) is 1. The molecule has 1 saturated heterocycles. The number of benzene rings is 1. The highest BCUT2D eigenvalue weighted by atomic mass is 19.1. The summed E-state index contributed by atoms with van der Waals surface area (Å²) in [6, 6.07) is 6.77. The van der Waals surface area contributed by atoms with Crippen molar-refractivity contribution < 1.29 is 13.9 Å². The molecule has 1 fully saturated rings. The van der Waals surface area contributed by atoms with E-state index in [1.54, 1.807) is 17.0 Å². The van der Waals surface area contributed by atoms with Gasteiger partial charge in [-0.05, 0) is 39.2 Å². The summed E-state index contributed by atoms with van der Waals surface area (Å²) >= 11 is 0. The molecule has 0 aliphatic carbocycles. The van der Waals surface area contributed by atoms with Gasteiger partial charge in [0.25, 0.3) is 0 Å². The molecule has 1 aliphatic rings. The van der Waals surface area contributed by atoms with Crippen molar-refractivity contribution in [1.82, 2.24) is 10.2 Å². The molecule has 22 heavy (non-hydrogen) atoms. The fraction of sp³-hybridized carbons (Fsp3) is 0.588. The first-order valence-electron chi connectivity index (χ1n) is 7.77. The topological polar surface area (TPSA) is 41.6 Å². The highest BCUT2D eigenvalue weighted by Gasteiger charge is 2.29. The van der Waals surface area contributed by atoms with E-state index in [-0.39, 0.29) is 11.9 Å². The molecule has 0 unspecified atom stereocenters. The van der Waals surface area contributed by atoms with E-state index in [0.717, 1.165) is 19.5 Å². The zero-order valence-corrected chi connectivity index (χ0v) is 13.6. The molecular weight excluding hydrogens is 283 g/mol. The van der Waals surface area contributed by atoms with Crippen LogP contribution in [0.3, 0.4) is 0 Å². The van der Waals surface area contributed by atoms with Gasteiger partial charge in [-0.3, -0.25) is 0 Å². The first-order valence-corrected chi connectivity index (χ1v) is 7.77. The number of rotatable bonds is 4. The first-order chi connectivity index (χ1) is 10.3. The van der Waals surface area contributed by atoms with Crippen molar-refractivity contribution in [2.24, 2.45) is 5.92 Å². The van der Waals surface area contributed by atoms with Crippen LogP contribution < -0.4 is 5.32 Å². The van der Waals surface area contributed by atoms with Crippen molar-refractivity contribution in [3.8, 4) is 0 Å². The molecular formula is C17H25FN2O2. The highest BCUT2D eigenvalue weighted by molar-refractivity contribution is 5.68. The van der Waals surface area contributed by atoms with Crippen LogP contribution in [0.2, 0.25) is 0 Å². The van der Waals surface area contributed by atoms with E-state index < -0.39 is 5.60 Å². The van der Waals surface area contributed by atoms with E-state index in [2.05, 4.69) is 5.32 Å². The van der Waals surface area contributed by atoms with Crippen molar-refractivity contribution >= 4 is 6.09 Å². The minimum Gasteiger partial charge on any atom is -0.444 e. The molecule has 1 N–H and O–H groups in total. The Labute approximate surface area is 131 Å². The van der Waals surface area contributed by atoms with Crippen LogP contribution in [0, 0.1) is 11.7 Å². The lowest BCUT2D eigenvalue weighted by molar-refractivity contribution is 0.0288. The van der Waals surface area contributed by atoms with Gasteiger partial charge in [-0.1, -0.05) is 18.2 Å². The standard InChI is InChI=1S/C17H25FN2O2/c1-17(2,3)22-16(21)20-9-8-13(12-20)10-19-11-14-6-4-5-7-15(14)18/h4-7,13,19H,8-12H2,1-3H3/t13-/m0/s1. The number of hydrogen-bond donors (Lipinski definition) is 1. The van der Waals surface area contributed by atoms with Crippen LogP contribution in [-0.4, -0.2) is 36.2 Å². The molecule has 1 aliphatic heterocycles. The molecule has 0 saturated carbocycles. The SMILES string of the molecule is CC(C)(C)OC(=O)N1CC[C@@H](CNCc2ccccc2F)C1. The highest BCUT2D eigenvalue weighted by Crippen LogP contribution is 2.19. The molecule has 0 bridgehead atoms. The number of carbonyl (C=O) groups is 1. The Balaban J connectivity index is 1.73. The van der Waals surface area contributed by atoms with Gasteiger partial charge in [0.1, 0.15) is 11.4 Å². The monoisotopic (exact) mass is 308 g/mol. The molecule has 0 spiro atoms. The number of carbonyl (C=O) groups excluding carboxylic acids is 1. The second kappa shape index (κ2) is 7.09. The number of hydrogen-bond acceptors (Lipinski definition) is 3. The van der Waals surface area contributed by atoms with Gasteiger partial charge in [0, 0.05) is 31.7 Å². The molecule has 1 amide bonds. The summed E-state index contributed by atoms with van der Waals surface area (Å²) in [4.78, 5) is 13.7. The average Bonchev–Trinajstić information content (AvgIpc) is 2.88. The van der Waals surface area contributed by atoms with Crippen molar-refractivity contribution in [1.29, 1.82) is 0 Å². The summed E-state index contributed by atoms with van der Waals surface area (Å²) in [5.74, 6) is 0.205. The molecule has 2 rings (SSSR count). The molecule has 1 atom stereocenters. The fourth-order valence-corrected chi connectivity index (χ4v) is 2.54. The van der Waals surface area contributed by atoms with E-state index in [1.807, 2.05) is 26.8 Å². The quantitative estimate of drug-likeness (QED) is 0.929. The van der Waals surface area contributed by atoms with Gasteiger partial charge < -0.3 is 15.0 Å². The Morgan fingerprint density at radius 2 is 2.14 bits per heavy atom. The smallest absolute Gasteiger partial charge is 0.410 e. The third-order valence-electron chi connectivity index (χ3n) is 3.64. The average molecular weight is 308 g/mol. The van der Waals surface area contributed by atoms with E-state index in [4.69, 9.17) is 4.74 Å². The van der Waals surface area contributed by atoms with Crippen molar-refractivity contribution in [3.63, 3.8) is 0 Å². The molecule has 1 aromatic rings. The Bertz CT molecular complexity index is 514. The van der Waals surface area contributed by atoms with Crippen LogP contribution >= 0.6 is 0 Å². The zero-order valence-electron chi connectivity index (χ0n) is 13.6. The lowest BCUT2D eigenvalue weighted by Crippen LogP contribution is -2.36. The van der Waals surface area contributed by atoms with Crippen molar-refractivity contribution in [3.05, 3.63) is 35.6 Å². The van der Waals surface area contributed by atoms with Crippen LogP contribution in [0.25, 0.3) is 0 Å². The lowest BCUT2D eigenvalue weighted by Gasteiger charge is -2.24. The van der Waals surface area contributed by atoms with E-state index in [1.165, 1.54) is 6.07 Å². The second-order valence-corrected chi connectivity index (χ2v) is 6.80. The zero-order chi connectivity index (χ0) is 16.2. The summed E-state index contributed by atoms with van der Waals surface area (Å²) in [7, 11) is 0. The lowest BCUT2D eigenvalue weighted by atomic mass is 10.1. The number of amides is 1. The number of nitrogens with zero attached hydrogens (tertiary/aromatic N) is 1. The Morgan fingerprint density at radius 3 is 2.82 bits per heavy atom. The van der Waals surface area contributed by atoms with Gasteiger partial charge in [0.2, 0.25) is 0 Å². The van der Waals surface area contributed by atoms with E-state index in [9.17, 15) is 9.18 Å². The van der Waals surface area contributed by atoms with Crippen LogP contribution in [0.4, 0.5) is 9.18 Å². The molecule has 1 heterocycles. The molecule has 0 radical (unpaired) electrons. The van der Waals surface area contributed by atoms with Crippen molar-refractivity contribution in [2.75, 3.05) is 19.6 Å². The normalized spacial score (nSPS) is 18.5. The third kappa shape index (κ3) is 4.98. The molecule has 1 aromatic carbocycles. The largest absolute Gasteiger partial charge is 0.444 e. The van der Waals surface area contributed by atoms with Gasteiger partial charge in [-0.15, -0.1) is 0 Å². The van der Waals surface area contributed by atoms with Gasteiger partial charge in [-0.25, -0.2) is 9.18 Å². The van der Waals surface area contributed by atoms with Gasteiger partial charge >= 0.3 is 6.09 Å². The fourth-order valence-electron chi connectivity index (χ4n) is 2.54. The summed E-state index contributed by atoms with van der Waals surface area (Å²) in [6.45, 7) is 8.31. The predicted molar refractivity (Wildman–Crippen MR) is 84.0 cm³/mol. The number of halogens is 1. The summed E-state index contributed by atoms with van der Waals surface area (Å²) < 4.78 is 18.9. The van der Waals surface area contributed by atoms with Crippen LogP contribution in [0.15, 0.2) is 24.3 Å². The van der Waals surface area contributed by atoms with Gasteiger partial charge in [0.05, 0.1) is 0 Å². The minimum absolute atomic E-state index is 0.184. The molecule has 4 nitrogen and oxygen atoms in total. The van der Waals surface area contributed by atoms with E-state index in [0.29, 0.717) is 24.6 Å². The molecule has 5 heteroatoms. The van der Waals surface area contributed by atoms with Gasteiger partial charge in [0.15, 0.2) is 0 Å². The maximum atomic E-state index is 13.5. The predicted octanol–water partition coefficient (Wildman–Crippen LogP) is 3.17. The summed E-state index contributed by atoms with van der Waals surface area (Å²) in [5, 5.41) is 3.27. The van der Waals surface area contributed by atoms with E-state index >= 15 is 0 Å². The van der Waals surface area contributed by atoms with Crippen molar-refractivity contribution in [2.45, 2.75) is 39.3 Å². The Hall–Kier alpha value is -1.62. The first kappa shape index (κ1) is 16.7. The summed E-state index contributed by atoms with van der Waals surface area (Å²) in [5.41, 5.74) is 0.211. The van der Waals surface area contributed by atoms with Crippen LogP contribution in [-0.2, 0) is 11.3 Å². The second-order valence-electron chi connectivity index (χ2n) is 6.80. The number of nitrogens with one attached hydrogen (secondary N) is 1. The maximum absolute atomic E-state index is 13.5. The third-order valence-corrected chi connectivity index (χ3v) is 3.64. The number of likely N-dealkylation sites (tertiary alicyclic amines) is 1. The summed E-state index contributed by atoms with van der Waals surface area (Å²) in [6.07, 6.45) is 0.702. The molecule has 122 valence electrons. The minimum atomic E-state index is -0.460. The van der Waals surface area contributed by atoms with Gasteiger partial charge in [-0.2, -0.15) is 0 Å². The maximum Gasteiger partial charge on any atom is 0.410 e. The Morgan fingerprint density at radius 1 is 1.41 bits per heavy atom. The Kier molecular flexibility index (Phi) is 5.40. The van der Waals surface area contributed by atoms with Crippen LogP contribution in [0.5, 0.6) is 0 Å².